The quantitative estimate of drug-likeness (QED) is 0.450. The van der Waals surface area contributed by atoms with E-state index in [2.05, 4.69) is 30.9 Å². The van der Waals surface area contributed by atoms with Crippen molar-refractivity contribution >= 4 is 22.8 Å². The third-order valence-electron chi connectivity index (χ3n) is 6.60. The second-order valence-corrected chi connectivity index (χ2v) is 9.82. The summed E-state index contributed by atoms with van der Waals surface area (Å²) >= 11 is 0. The van der Waals surface area contributed by atoms with Crippen LogP contribution in [0.15, 0.2) is 49.6 Å². The highest BCUT2D eigenvalue weighted by Crippen LogP contribution is 2.37. The van der Waals surface area contributed by atoms with Crippen LogP contribution in [0.25, 0.3) is 28.0 Å². The van der Waals surface area contributed by atoms with Crippen LogP contribution < -0.4 is 4.90 Å². The molecule has 37 heavy (non-hydrogen) atoms. The molecule has 1 aliphatic heterocycles. The minimum absolute atomic E-state index is 0.0798. The Labute approximate surface area is 214 Å². The highest BCUT2D eigenvalue weighted by Gasteiger charge is 2.39. The fourth-order valence-electron chi connectivity index (χ4n) is 4.77. The fourth-order valence-corrected chi connectivity index (χ4v) is 4.77. The van der Waals surface area contributed by atoms with Gasteiger partial charge in [-0.1, -0.05) is 0 Å². The molecule has 1 saturated heterocycles. The van der Waals surface area contributed by atoms with Crippen molar-refractivity contribution in [3.05, 3.63) is 55.1 Å². The molecule has 5 rings (SSSR count). The normalized spacial score (nSPS) is 18.2. The monoisotopic (exact) mass is 497 g/mol. The Hall–Kier alpha value is -4.43. The Balaban J connectivity index is 1.66. The van der Waals surface area contributed by atoms with E-state index in [0.717, 1.165) is 16.5 Å². The van der Waals surface area contributed by atoms with E-state index in [-0.39, 0.29) is 18.0 Å². The van der Waals surface area contributed by atoms with Gasteiger partial charge in [0.1, 0.15) is 29.9 Å². The summed E-state index contributed by atoms with van der Waals surface area (Å²) in [4.78, 5) is 38.9. The largest absolute Gasteiger partial charge is 0.381 e. The molecule has 0 bridgehead atoms. The number of carbonyl (C=O) groups excluding carboxylic acids is 1. The lowest BCUT2D eigenvalue weighted by Crippen LogP contribution is -2.61. The summed E-state index contributed by atoms with van der Waals surface area (Å²) in [5.74, 6) is 0.976. The highest BCUT2D eigenvalue weighted by atomic mass is 16.3. The van der Waals surface area contributed by atoms with Crippen LogP contribution in [0.1, 0.15) is 33.3 Å². The first-order valence-electron chi connectivity index (χ1n) is 12.0. The Morgan fingerprint density at radius 3 is 2.57 bits per heavy atom. The van der Waals surface area contributed by atoms with Crippen molar-refractivity contribution in [2.75, 3.05) is 18.0 Å². The number of hydrogen-bond donors (Lipinski definition) is 1. The first-order valence-corrected chi connectivity index (χ1v) is 12.0. The number of nitrogens with zero attached hydrogens (tertiary/aromatic N) is 9. The molecule has 0 unspecified atom stereocenters. The Kier molecular flexibility index (Phi) is 6.05. The number of amides is 1. The number of piperazine rings is 1. The standard InChI is InChI=1S/C26H27N9O2/c1-16-12-34(25(36)26(3,4)37)17(2)11-33(16)23-22-20(19-9-28-14-29-10-19)13-35(24(22)32-15-31-23)21-7-18(8-27)5-6-30-21/h5-7,9-10,13-17,37H,11-12H2,1-4H3/t16-,17+/m0/s1. The van der Waals surface area contributed by atoms with Crippen molar-refractivity contribution in [2.45, 2.75) is 45.4 Å². The van der Waals surface area contributed by atoms with E-state index in [9.17, 15) is 15.2 Å². The van der Waals surface area contributed by atoms with Crippen molar-refractivity contribution in [2.24, 2.45) is 0 Å². The third-order valence-corrected chi connectivity index (χ3v) is 6.60. The molecule has 1 fully saturated rings. The van der Waals surface area contributed by atoms with Crippen LogP contribution in [-0.4, -0.2) is 76.2 Å². The van der Waals surface area contributed by atoms with Gasteiger partial charge in [0.2, 0.25) is 0 Å². The number of fused-ring (bicyclic) bond motifs is 1. The molecule has 0 radical (unpaired) electrons. The Bertz CT molecular complexity index is 1500. The zero-order valence-corrected chi connectivity index (χ0v) is 21.1. The first-order chi connectivity index (χ1) is 17.7. The maximum atomic E-state index is 12.9. The lowest BCUT2D eigenvalue weighted by molar-refractivity contribution is -0.151. The van der Waals surface area contributed by atoms with Crippen molar-refractivity contribution in [3.63, 3.8) is 0 Å². The number of hydrogen-bond acceptors (Lipinski definition) is 9. The number of aliphatic hydroxyl groups is 1. The maximum Gasteiger partial charge on any atom is 0.254 e. The van der Waals surface area contributed by atoms with Gasteiger partial charge in [0.05, 0.1) is 17.0 Å². The summed E-state index contributed by atoms with van der Waals surface area (Å²) in [6.45, 7) is 7.98. The summed E-state index contributed by atoms with van der Waals surface area (Å²) in [6.07, 6.45) is 9.95. The lowest BCUT2D eigenvalue weighted by Gasteiger charge is -2.46. The summed E-state index contributed by atoms with van der Waals surface area (Å²) in [5, 5.41) is 20.5. The maximum absolute atomic E-state index is 12.9. The second-order valence-electron chi connectivity index (χ2n) is 9.82. The number of aromatic nitrogens is 6. The van der Waals surface area contributed by atoms with Crippen molar-refractivity contribution in [3.8, 4) is 23.0 Å². The average Bonchev–Trinajstić information content (AvgIpc) is 3.29. The van der Waals surface area contributed by atoms with E-state index in [0.29, 0.717) is 35.9 Å². The third kappa shape index (κ3) is 4.36. The number of nitriles is 1. The molecule has 1 aliphatic rings. The summed E-state index contributed by atoms with van der Waals surface area (Å²) < 4.78 is 1.84. The predicted octanol–water partition coefficient (Wildman–Crippen LogP) is 2.34. The zero-order valence-electron chi connectivity index (χ0n) is 21.1. The molecular weight excluding hydrogens is 470 g/mol. The number of rotatable bonds is 4. The van der Waals surface area contributed by atoms with Gasteiger partial charge in [0.15, 0.2) is 5.65 Å². The van der Waals surface area contributed by atoms with E-state index in [1.165, 1.54) is 26.5 Å². The number of pyridine rings is 1. The van der Waals surface area contributed by atoms with Gasteiger partial charge < -0.3 is 14.9 Å². The molecular formula is C26H27N9O2. The van der Waals surface area contributed by atoms with E-state index in [4.69, 9.17) is 4.98 Å². The van der Waals surface area contributed by atoms with Gasteiger partial charge in [-0.2, -0.15) is 5.26 Å². The van der Waals surface area contributed by atoms with Gasteiger partial charge in [0.25, 0.3) is 5.91 Å². The minimum Gasteiger partial charge on any atom is -0.381 e. The number of carbonyl (C=O) groups is 1. The smallest absolute Gasteiger partial charge is 0.254 e. The van der Waals surface area contributed by atoms with Crippen molar-refractivity contribution < 1.29 is 9.90 Å². The van der Waals surface area contributed by atoms with Crippen LogP contribution in [0.2, 0.25) is 0 Å². The van der Waals surface area contributed by atoms with Gasteiger partial charge >= 0.3 is 0 Å². The van der Waals surface area contributed by atoms with Crippen LogP contribution >= 0.6 is 0 Å². The lowest BCUT2D eigenvalue weighted by atomic mass is 10.0. The second kappa shape index (κ2) is 9.22. The van der Waals surface area contributed by atoms with Gasteiger partial charge in [-0.3, -0.25) is 9.36 Å². The van der Waals surface area contributed by atoms with E-state index >= 15 is 0 Å². The van der Waals surface area contributed by atoms with Gasteiger partial charge in [0, 0.05) is 61.1 Å². The molecule has 0 saturated carbocycles. The van der Waals surface area contributed by atoms with Crippen LogP contribution in [0.3, 0.4) is 0 Å². The predicted molar refractivity (Wildman–Crippen MR) is 137 cm³/mol. The topological polar surface area (TPSA) is 137 Å². The summed E-state index contributed by atoms with van der Waals surface area (Å²) in [5.41, 5.74) is 1.28. The molecule has 4 aromatic rings. The Morgan fingerprint density at radius 1 is 1.11 bits per heavy atom. The average molecular weight is 498 g/mol. The van der Waals surface area contributed by atoms with E-state index in [1.807, 2.05) is 24.6 Å². The molecule has 0 spiro atoms. The minimum atomic E-state index is -1.44. The molecule has 1 amide bonds. The first kappa shape index (κ1) is 24.3. The SMILES string of the molecule is C[C@@H]1CN(c2ncnc3c2c(-c2cncnc2)cn3-c2cc(C#N)ccn2)[C@@H](C)CN1C(=O)C(C)(C)O. The van der Waals surface area contributed by atoms with Crippen LogP contribution in [0.5, 0.6) is 0 Å². The molecule has 188 valence electrons. The van der Waals surface area contributed by atoms with Crippen LogP contribution in [-0.2, 0) is 4.79 Å². The highest BCUT2D eigenvalue weighted by molar-refractivity contribution is 6.02. The van der Waals surface area contributed by atoms with Crippen molar-refractivity contribution in [1.29, 1.82) is 5.26 Å². The zero-order chi connectivity index (χ0) is 26.3. The van der Waals surface area contributed by atoms with Crippen LogP contribution in [0, 0.1) is 11.3 Å². The molecule has 0 aromatic carbocycles. The molecule has 11 heteroatoms. The van der Waals surface area contributed by atoms with Gasteiger partial charge in [-0.05, 0) is 39.8 Å². The molecule has 2 atom stereocenters. The van der Waals surface area contributed by atoms with Gasteiger partial charge in [-0.25, -0.2) is 24.9 Å². The molecule has 4 aromatic heterocycles. The summed E-state index contributed by atoms with van der Waals surface area (Å²) in [6, 6.07) is 5.28. The van der Waals surface area contributed by atoms with Crippen LogP contribution in [0.4, 0.5) is 5.82 Å². The molecule has 0 aliphatic carbocycles. The van der Waals surface area contributed by atoms with E-state index < -0.39 is 5.60 Å². The van der Waals surface area contributed by atoms with E-state index in [1.54, 1.807) is 35.6 Å². The summed E-state index contributed by atoms with van der Waals surface area (Å²) in [7, 11) is 0. The molecule has 1 N–H and O–H groups in total. The number of anilines is 1. The molecule has 11 nitrogen and oxygen atoms in total. The Morgan fingerprint density at radius 2 is 1.86 bits per heavy atom. The fraction of sp³-hybridized carbons (Fsp3) is 0.346. The molecule has 5 heterocycles. The van der Waals surface area contributed by atoms with Gasteiger partial charge in [-0.15, -0.1) is 0 Å². The van der Waals surface area contributed by atoms with Crippen molar-refractivity contribution in [1.82, 2.24) is 34.4 Å².